The van der Waals surface area contributed by atoms with Gasteiger partial charge in [0, 0.05) is 10.7 Å². The van der Waals surface area contributed by atoms with Gasteiger partial charge in [-0.15, -0.1) is 0 Å². The van der Waals surface area contributed by atoms with E-state index in [4.69, 9.17) is 16.3 Å². The molecule has 6 heteroatoms. The Kier molecular flexibility index (Phi) is 4.96. The molecular formula is C15H17ClN2O3. The van der Waals surface area contributed by atoms with Gasteiger partial charge in [0.1, 0.15) is 5.92 Å². The molecule has 0 aliphatic carbocycles. The summed E-state index contributed by atoms with van der Waals surface area (Å²) in [4.78, 5) is 27.7. The summed E-state index contributed by atoms with van der Waals surface area (Å²) in [6.07, 6.45) is 0.739. The zero-order chi connectivity index (χ0) is 15.4. The monoisotopic (exact) mass is 308 g/mol. The van der Waals surface area contributed by atoms with Crippen LogP contribution in [0.25, 0.3) is 0 Å². The Bertz CT molecular complexity index is 586. The molecule has 0 saturated heterocycles. The van der Waals surface area contributed by atoms with Crippen molar-refractivity contribution in [1.29, 1.82) is 0 Å². The van der Waals surface area contributed by atoms with Gasteiger partial charge in [0.2, 0.25) is 0 Å². The smallest absolute Gasteiger partial charge is 0.341 e. The van der Waals surface area contributed by atoms with E-state index in [0.717, 1.165) is 12.0 Å². The molecule has 1 aliphatic rings. The van der Waals surface area contributed by atoms with Gasteiger partial charge >= 0.3 is 12.0 Å². The molecule has 5 nitrogen and oxygen atoms in total. The van der Waals surface area contributed by atoms with Crippen molar-refractivity contribution in [3.63, 3.8) is 0 Å². The summed E-state index contributed by atoms with van der Waals surface area (Å²) in [5.74, 6) is -1.02. The van der Waals surface area contributed by atoms with Gasteiger partial charge < -0.3 is 10.1 Å². The van der Waals surface area contributed by atoms with Crippen LogP contribution in [0.4, 0.5) is 4.79 Å². The minimum absolute atomic E-state index is 0.346. The summed E-state index contributed by atoms with van der Waals surface area (Å²) in [5.41, 5.74) is 1.20. The van der Waals surface area contributed by atoms with Gasteiger partial charge in [0.05, 0.1) is 12.6 Å². The van der Waals surface area contributed by atoms with Gasteiger partial charge in [-0.1, -0.05) is 30.7 Å². The van der Waals surface area contributed by atoms with Crippen molar-refractivity contribution < 1.29 is 14.3 Å². The Labute approximate surface area is 128 Å². The number of nitrogens with zero attached hydrogens (tertiary/aromatic N) is 1. The summed E-state index contributed by atoms with van der Waals surface area (Å²) in [6.45, 7) is 3.93. The quantitative estimate of drug-likeness (QED) is 0.869. The predicted molar refractivity (Wildman–Crippen MR) is 80.6 cm³/mol. The molecule has 1 heterocycles. The summed E-state index contributed by atoms with van der Waals surface area (Å²) in [6, 6.07) is 6.08. The lowest BCUT2D eigenvalue weighted by atomic mass is 9.88. The van der Waals surface area contributed by atoms with Gasteiger partial charge in [0.25, 0.3) is 0 Å². The van der Waals surface area contributed by atoms with Crippen LogP contribution in [0.2, 0.25) is 5.02 Å². The second-order valence-corrected chi connectivity index (χ2v) is 5.32. The first-order valence-electron chi connectivity index (χ1n) is 6.80. The van der Waals surface area contributed by atoms with Crippen molar-refractivity contribution in [1.82, 2.24) is 5.32 Å². The number of hydrogen-bond donors (Lipinski definition) is 1. The highest BCUT2D eigenvalue weighted by Gasteiger charge is 2.37. The standard InChI is InChI=1S/C15H17ClN2O3/c1-3-7-21-14(19)12-9(2)17-15(20)18-13(12)10-5-4-6-11(16)8-10/h4-6,8,12-13H,3,7H2,1-2H3,(H,18,20). The highest BCUT2D eigenvalue weighted by Crippen LogP contribution is 2.29. The maximum atomic E-state index is 12.3. The average Bonchev–Trinajstić information content (AvgIpc) is 2.44. The second-order valence-electron chi connectivity index (χ2n) is 4.88. The van der Waals surface area contributed by atoms with Crippen LogP contribution in [0, 0.1) is 5.92 Å². The number of urea groups is 1. The summed E-state index contributed by atoms with van der Waals surface area (Å²) in [7, 11) is 0. The number of hydrogen-bond acceptors (Lipinski definition) is 3. The van der Waals surface area contributed by atoms with Crippen molar-refractivity contribution in [2.75, 3.05) is 6.61 Å². The van der Waals surface area contributed by atoms with Crippen LogP contribution < -0.4 is 5.32 Å². The Morgan fingerprint density at radius 2 is 2.24 bits per heavy atom. The Hall–Kier alpha value is -1.88. The van der Waals surface area contributed by atoms with E-state index in [9.17, 15) is 9.59 Å². The molecule has 0 spiro atoms. The summed E-state index contributed by atoms with van der Waals surface area (Å²) >= 11 is 5.99. The highest BCUT2D eigenvalue weighted by molar-refractivity contribution is 6.30. The maximum absolute atomic E-state index is 12.3. The van der Waals surface area contributed by atoms with Crippen molar-refractivity contribution in [3.05, 3.63) is 34.9 Å². The predicted octanol–water partition coefficient (Wildman–Crippen LogP) is 3.13. The molecule has 1 aromatic rings. The molecule has 112 valence electrons. The Morgan fingerprint density at radius 1 is 1.48 bits per heavy atom. The zero-order valence-electron chi connectivity index (χ0n) is 11.9. The SMILES string of the molecule is CCCOC(=O)C1C(C)=NC(=O)NC1c1cccc(Cl)c1. The van der Waals surface area contributed by atoms with E-state index in [0.29, 0.717) is 17.3 Å². The lowest BCUT2D eigenvalue weighted by Crippen LogP contribution is -2.44. The molecule has 2 amide bonds. The third-order valence-electron chi connectivity index (χ3n) is 3.25. The van der Waals surface area contributed by atoms with Crippen molar-refractivity contribution in [2.24, 2.45) is 10.9 Å². The number of carbonyl (C=O) groups excluding carboxylic acids is 2. The average molecular weight is 309 g/mol. The van der Waals surface area contributed by atoms with E-state index in [1.165, 1.54) is 0 Å². The molecule has 0 fully saturated rings. The molecule has 0 radical (unpaired) electrons. The van der Waals surface area contributed by atoms with E-state index in [-0.39, 0.29) is 5.97 Å². The van der Waals surface area contributed by atoms with Crippen LogP contribution in [-0.4, -0.2) is 24.3 Å². The van der Waals surface area contributed by atoms with E-state index in [2.05, 4.69) is 10.3 Å². The lowest BCUT2D eigenvalue weighted by Gasteiger charge is -2.29. The minimum Gasteiger partial charge on any atom is -0.465 e. The normalized spacial score (nSPS) is 21.5. The fraction of sp³-hybridized carbons (Fsp3) is 0.400. The molecular weight excluding hydrogens is 292 g/mol. The number of carbonyl (C=O) groups is 2. The number of rotatable bonds is 4. The first kappa shape index (κ1) is 15.5. The molecule has 2 atom stereocenters. The Balaban J connectivity index is 2.34. The largest absolute Gasteiger partial charge is 0.465 e. The van der Waals surface area contributed by atoms with E-state index in [1.807, 2.05) is 13.0 Å². The van der Waals surface area contributed by atoms with Crippen LogP contribution in [0.3, 0.4) is 0 Å². The number of esters is 1. The molecule has 2 rings (SSSR count). The fourth-order valence-corrected chi connectivity index (χ4v) is 2.49. The molecule has 0 saturated carbocycles. The van der Waals surface area contributed by atoms with Crippen LogP contribution in [0.15, 0.2) is 29.3 Å². The molecule has 1 aliphatic heterocycles. The van der Waals surface area contributed by atoms with Crippen molar-refractivity contribution in [3.8, 4) is 0 Å². The maximum Gasteiger partial charge on any atom is 0.341 e. The van der Waals surface area contributed by atoms with Crippen LogP contribution >= 0.6 is 11.6 Å². The van der Waals surface area contributed by atoms with Crippen LogP contribution in [0.5, 0.6) is 0 Å². The lowest BCUT2D eigenvalue weighted by molar-refractivity contribution is -0.147. The first-order valence-corrected chi connectivity index (χ1v) is 7.18. The summed E-state index contributed by atoms with van der Waals surface area (Å²) in [5, 5.41) is 3.26. The second kappa shape index (κ2) is 6.72. The topological polar surface area (TPSA) is 67.8 Å². The molecule has 1 aromatic carbocycles. The Morgan fingerprint density at radius 3 is 2.90 bits per heavy atom. The van der Waals surface area contributed by atoms with Gasteiger partial charge in [-0.2, -0.15) is 0 Å². The minimum atomic E-state index is -0.632. The van der Waals surface area contributed by atoms with Gasteiger partial charge in [0.15, 0.2) is 0 Å². The van der Waals surface area contributed by atoms with Gasteiger partial charge in [-0.3, -0.25) is 4.79 Å². The fourth-order valence-electron chi connectivity index (χ4n) is 2.29. The van der Waals surface area contributed by atoms with Gasteiger partial charge in [-0.05, 0) is 31.0 Å². The molecule has 0 bridgehead atoms. The highest BCUT2D eigenvalue weighted by atomic mass is 35.5. The van der Waals surface area contributed by atoms with E-state index >= 15 is 0 Å². The number of halogens is 1. The van der Waals surface area contributed by atoms with E-state index < -0.39 is 18.0 Å². The number of ether oxygens (including phenoxy) is 1. The molecule has 1 N–H and O–H groups in total. The first-order chi connectivity index (χ1) is 10.0. The third-order valence-corrected chi connectivity index (χ3v) is 3.49. The molecule has 0 aromatic heterocycles. The number of nitrogens with one attached hydrogen (secondary N) is 1. The van der Waals surface area contributed by atoms with Gasteiger partial charge in [-0.25, -0.2) is 9.79 Å². The number of amides is 2. The molecule has 21 heavy (non-hydrogen) atoms. The zero-order valence-corrected chi connectivity index (χ0v) is 12.7. The van der Waals surface area contributed by atoms with Crippen LogP contribution in [-0.2, 0) is 9.53 Å². The van der Waals surface area contributed by atoms with E-state index in [1.54, 1.807) is 25.1 Å². The third kappa shape index (κ3) is 3.61. The van der Waals surface area contributed by atoms with Crippen molar-refractivity contribution >= 4 is 29.3 Å². The van der Waals surface area contributed by atoms with Crippen molar-refractivity contribution in [2.45, 2.75) is 26.3 Å². The summed E-state index contributed by atoms with van der Waals surface area (Å²) < 4.78 is 5.21. The number of aliphatic imine (C=N–C) groups is 1. The molecule has 2 unspecified atom stereocenters. The number of benzene rings is 1. The van der Waals surface area contributed by atoms with Crippen LogP contribution in [0.1, 0.15) is 31.9 Å².